The summed E-state index contributed by atoms with van der Waals surface area (Å²) in [5.74, 6) is 0.378. The molecule has 2 aromatic rings. The largest absolute Gasteiger partial charge is 0.392 e. The minimum Gasteiger partial charge on any atom is -0.392 e. The fourth-order valence-corrected chi connectivity index (χ4v) is 3.39. The number of rotatable bonds is 8. The Kier molecular flexibility index (Phi) is 5.96. The Bertz CT molecular complexity index is 532. The number of hydrogen-bond donors (Lipinski definition) is 2. The smallest absolute Gasteiger partial charge is 0.107 e. The minimum atomic E-state index is -0.276. The van der Waals surface area contributed by atoms with Crippen molar-refractivity contribution in [2.45, 2.75) is 39.3 Å². The van der Waals surface area contributed by atoms with Gasteiger partial charge in [0.05, 0.1) is 11.0 Å². The van der Waals surface area contributed by atoms with Crippen LogP contribution in [-0.4, -0.2) is 27.5 Å². The van der Waals surface area contributed by atoms with Crippen LogP contribution in [0.3, 0.4) is 0 Å². The maximum absolute atomic E-state index is 10.2. The van der Waals surface area contributed by atoms with Crippen molar-refractivity contribution in [1.82, 2.24) is 15.1 Å². The molecule has 0 bridgehead atoms. The van der Waals surface area contributed by atoms with Crippen molar-refractivity contribution in [2.75, 3.05) is 6.54 Å². The fourth-order valence-electron chi connectivity index (χ4n) is 2.64. The van der Waals surface area contributed by atoms with Crippen molar-refractivity contribution in [3.05, 3.63) is 29.3 Å². The van der Waals surface area contributed by atoms with E-state index >= 15 is 0 Å². The number of hydrogen-bond acceptors (Lipinski definition) is 4. The van der Waals surface area contributed by atoms with Gasteiger partial charge in [0, 0.05) is 31.9 Å². The average molecular weight is 307 g/mol. The molecule has 0 amide bonds. The Morgan fingerprint density at radius 2 is 2.14 bits per heavy atom. The van der Waals surface area contributed by atoms with Crippen LogP contribution in [0.1, 0.15) is 32.3 Å². The van der Waals surface area contributed by atoms with Crippen LogP contribution >= 0.6 is 11.3 Å². The topological polar surface area (TPSA) is 50.1 Å². The van der Waals surface area contributed by atoms with Crippen LogP contribution in [0.5, 0.6) is 0 Å². The molecule has 1 unspecified atom stereocenters. The van der Waals surface area contributed by atoms with Crippen LogP contribution in [0, 0.1) is 5.92 Å². The van der Waals surface area contributed by atoms with Gasteiger partial charge in [-0.1, -0.05) is 32.8 Å². The van der Waals surface area contributed by atoms with E-state index in [1.54, 1.807) is 11.3 Å². The Labute approximate surface area is 130 Å². The third-order valence-corrected chi connectivity index (χ3v) is 4.80. The van der Waals surface area contributed by atoms with Gasteiger partial charge in [0.2, 0.25) is 0 Å². The number of aromatic nitrogens is 2. The first-order chi connectivity index (χ1) is 10.2. The van der Waals surface area contributed by atoms with Gasteiger partial charge in [-0.05, 0) is 17.4 Å². The van der Waals surface area contributed by atoms with Gasteiger partial charge in [-0.25, -0.2) is 0 Å². The van der Waals surface area contributed by atoms with E-state index in [-0.39, 0.29) is 6.10 Å². The highest BCUT2D eigenvalue weighted by Gasteiger charge is 2.16. The standard InChI is InChI=1S/C16H25N3OS/c1-4-12(5-2)14(20)10-17-9-13-11-19(3)18-16(13)15-7-6-8-21-15/h6-8,11-12,14,17,20H,4-5,9-10H2,1-3H3. The second-order valence-electron chi connectivity index (χ2n) is 5.43. The van der Waals surface area contributed by atoms with Gasteiger partial charge in [0.25, 0.3) is 0 Å². The molecule has 2 N–H and O–H groups in total. The predicted molar refractivity (Wildman–Crippen MR) is 88.3 cm³/mol. The SMILES string of the molecule is CCC(CC)C(O)CNCc1cn(C)nc1-c1cccs1. The molecule has 1 atom stereocenters. The van der Waals surface area contributed by atoms with E-state index in [2.05, 4.69) is 35.7 Å². The lowest BCUT2D eigenvalue weighted by atomic mass is 9.96. The third kappa shape index (κ3) is 4.15. The summed E-state index contributed by atoms with van der Waals surface area (Å²) < 4.78 is 1.85. The van der Waals surface area contributed by atoms with Crippen LogP contribution in [0.15, 0.2) is 23.7 Å². The Balaban J connectivity index is 1.95. The fraction of sp³-hybridized carbons (Fsp3) is 0.562. The monoisotopic (exact) mass is 307 g/mol. The summed E-state index contributed by atoms with van der Waals surface area (Å²) in [6.07, 6.45) is 3.81. The van der Waals surface area contributed by atoms with E-state index in [1.165, 1.54) is 10.4 Å². The zero-order chi connectivity index (χ0) is 15.2. The highest BCUT2D eigenvalue weighted by Crippen LogP contribution is 2.26. The van der Waals surface area contributed by atoms with Crippen LogP contribution in [-0.2, 0) is 13.6 Å². The molecule has 0 aliphatic carbocycles. The second kappa shape index (κ2) is 7.73. The zero-order valence-corrected chi connectivity index (χ0v) is 13.9. The molecule has 0 aliphatic heterocycles. The van der Waals surface area contributed by atoms with Gasteiger partial charge in [-0.3, -0.25) is 4.68 Å². The molecule has 0 saturated carbocycles. The Morgan fingerprint density at radius 3 is 2.76 bits per heavy atom. The van der Waals surface area contributed by atoms with Crippen molar-refractivity contribution in [3.63, 3.8) is 0 Å². The molecule has 2 rings (SSSR count). The molecule has 4 nitrogen and oxygen atoms in total. The zero-order valence-electron chi connectivity index (χ0n) is 13.0. The third-order valence-electron chi connectivity index (χ3n) is 3.92. The molecule has 2 heterocycles. The van der Waals surface area contributed by atoms with Crippen LogP contribution < -0.4 is 5.32 Å². The van der Waals surface area contributed by atoms with Gasteiger partial charge in [0.15, 0.2) is 0 Å². The highest BCUT2D eigenvalue weighted by molar-refractivity contribution is 7.13. The van der Waals surface area contributed by atoms with E-state index in [0.717, 1.165) is 25.1 Å². The molecule has 5 heteroatoms. The van der Waals surface area contributed by atoms with Crippen LogP contribution in [0.2, 0.25) is 0 Å². The van der Waals surface area contributed by atoms with Crippen LogP contribution in [0.4, 0.5) is 0 Å². The summed E-state index contributed by atoms with van der Waals surface area (Å²) in [5, 5.41) is 20.1. The summed E-state index contributed by atoms with van der Waals surface area (Å²) in [5.41, 5.74) is 2.22. The number of nitrogens with zero attached hydrogens (tertiary/aromatic N) is 2. The van der Waals surface area contributed by atoms with E-state index in [1.807, 2.05) is 24.0 Å². The highest BCUT2D eigenvalue weighted by atomic mass is 32.1. The van der Waals surface area contributed by atoms with E-state index < -0.39 is 0 Å². The molecule has 0 saturated heterocycles. The summed E-state index contributed by atoms with van der Waals surface area (Å²) in [6, 6.07) is 4.14. The Morgan fingerprint density at radius 1 is 1.38 bits per heavy atom. The lowest BCUT2D eigenvalue weighted by molar-refractivity contribution is 0.101. The van der Waals surface area contributed by atoms with E-state index in [9.17, 15) is 5.11 Å². The average Bonchev–Trinajstić information content (AvgIpc) is 3.09. The summed E-state index contributed by atoms with van der Waals surface area (Å²) >= 11 is 1.70. The van der Waals surface area contributed by atoms with Gasteiger partial charge in [0.1, 0.15) is 5.69 Å². The van der Waals surface area contributed by atoms with Gasteiger partial charge in [-0.2, -0.15) is 5.10 Å². The Hall–Kier alpha value is -1.17. The van der Waals surface area contributed by atoms with Crippen molar-refractivity contribution < 1.29 is 5.11 Å². The van der Waals surface area contributed by atoms with E-state index in [4.69, 9.17) is 0 Å². The van der Waals surface area contributed by atoms with E-state index in [0.29, 0.717) is 12.5 Å². The van der Waals surface area contributed by atoms with Crippen molar-refractivity contribution >= 4 is 11.3 Å². The molecule has 0 aliphatic rings. The molecule has 0 aromatic carbocycles. The van der Waals surface area contributed by atoms with Gasteiger partial charge < -0.3 is 10.4 Å². The number of nitrogens with one attached hydrogen (secondary N) is 1. The summed E-state index contributed by atoms with van der Waals surface area (Å²) in [6.45, 7) is 5.63. The number of aliphatic hydroxyl groups is 1. The maximum atomic E-state index is 10.2. The predicted octanol–water partition coefficient (Wildman–Crippen LogP) is 3.04. The number of aliphatic hydroxyl groups excluding tert-OH is 1. The molecular weight excluding hydrogens is 282 g/mol. The van der Waals surface area contributed by atoms with Crippen molar-refractivity contribution in [1.29, 1.82) is 0 Å². The number of thiophene rings is 1. The van der Waals surface area contributed by atoms with Gasteiger partial charge >= 0.3 is 0 Å². The molecular formula is C16H25N3OS. The molecule has 2 aromatic heterocycles. The molecule has 21 heavy (non-hydrogen) atoms. The molecule has 0 radical (unpaired) electrons. The summed E-state index contributed by atoms with van der Waals surface area (Å²) in [4.78, 5) is 1.19. The normalized spacial score (nSPS) is 13.0. The van der Waals surface area contributed by atoms with Gasteiger partial charge in [-0.15, -0.1) is 11.3 Å². The lowest BCUT2D eigenvalue weighted by Gasteiger charge is -2.20. The lowest BCUT2D eigenvalue weighted by Crippen LogP contribution is -2.32. The quantitative estimate of drug-likeness (QED) is 0.788. The first kappa shape index (κ1) is 16.2. The minimum absolute atomic E-state index is 0.276. The summed E-state index contributed by atoms with van der Waals surface area (Å²) in [7, 11) is 1.94. The first-order valence-corrected chi connectivity index (χ1v) is 8.48. The van der Waals surface area contributed by atoms with Crippen LogP contribution in [0.25, 0.3) is 10.6 Å². The maximum Gasteiger partial charge on any atom is 0.107 e. The molecule has 0 fully saturated rings. The van der Waals surface area contributed by atoms with Crippen molar-refractivity contribution in [3.8, 4) is 10.6 Å². The number of aryl methyl sites for hydroxylation is 1. The van der Waals surface area contributed by atoms with Crippen molar-refractivity contribution in [2.24, 2.45) is 13.0 Å². The second-order valence-corrected chi connectivity index (χ2v) is 6.38. The molecule has 0 spiro atoms. The first-order valence-electron chi connectivity index (χ1n) is 7.60. The molecule has 116 valence electrons.